The standard InChI is InChI=1S/C24H21N3OS2/c1-27-14-13-17-20(15-27)30-24(26-21(28)12-11-16-7-3-2-4-8-16)22(17)23-25-18-9-5-6-10-19(18)29-23/h2-12H,13-15H2,1H3,(H,26,28)/b12-11-. The molecule has 2 aromatic carbocycles. The van der Waals surface area contributed by atoms with Crippen LogP contribution in [0.4, 0.5) is 5.00 Å². The first-order valence-corrected chi connectivity index (χ1v) is 11.5. The van der Waals surface area contributed by atoms with Crippen LogP contribution in [0.5, 0.6) is 0 Å². The van der Waals surface area contributed by atoms with Gasteiger partial charge in [-0.05, 0) is 42.8 Å². The van der Waals surface area contributed by atoms with E-state index in [0.717, 1.165) is 46.2 Å². The molecule has 1 aliphatic rings. The molecule has 0 saturated heterocycles. The summed E-state index contributed by atoms with van der Waals surface area (Å²) >= 11 is 3.37. The molecule has 5 rings (SSSR count). The lowest BCUT2D eigenvalue weighted by atomic mass is 10.0. The molecule has 1 amide bonds. The van der Waals surface area contributed by atoms with Crippen LogP contribution in [0.2, 0.25) is 0 Å². The zero-order valence-corrected chi connectivity index (χ0v) is 18.2. The van der Waals surface area contributed by atoms with Gasteiger partial charge in [0.2, 0.25) is 5.91 Å². The number of hydrogen-bond donors (Lipinski definition) is 1. The number of anilines is 1. The first-order valence-electron chi connectivity index (χ1n) is 9.90. The third kappa shape index (κ3) is 3.81. The number of thiophene rings is 1. The number of benzene rings is 2. The summed E-state index contributed by atoms with van der Waals surface area (Å²) in [4.78, 5) is 21.2. The van der Waals surface area contributed by atoms with Crippen molar-refractivity contribution in [2.45, 2.75) is 13.0 Å². The monoisotopic (exact) mass is 431 g/mol. The Morgan fingerprint density at radius 1 is 1.10 bits per heavy atom. The second kappa shape index (κ2) is 8.14. The summed E-state index contributed by atoms with van der Waals surface area (Å²) in [5.74, 6) is -0.117. The Hall–Kier alpha value is -2.80. The molecule has 0 atom stereocenters. The summed E-state index contributed by atoms with van der Waals surface area (Å²) in [5.41, 5.74) is 4.45. The lowest BCUT2D eigenvalue weighted by Gasteiger charge is -2.22. The molecule has 0 fully saturated rings. The van der Waals surface area contributed by atoms with Crippen molar-refractivity contribution < 1.29 is 4.79 Å². The van der Waals surface area contributed by atoms with Crippen LogP contribution in [0.3, 0.4) is 0 Å². The van der Waals surface area contributed by atoms with E-state index in [0.29, 0.717) is 0 Å². The molecule has 0 spiro atoms. The number of rotatable bonds is 4. The zero-order valence-electron chi connectivity index (χ0n) is 16.6. The van der Waals surface area contributed by atoms with E-state index in [-0.39, 0.29) is 5.91 Å². The highest BCUT2D eigenvalue weighted by Gasteiger charge is 2.26. The quantitative estimate of drug-likeness (QED) is 0.424. The van der Waals surface area contributed by atoms with Gasteiger partial charge in [0.1, 0.15) is 10.0 Å². The van der Waals surface area contributed by atoms with E-state index in [4.69, 9.17) is 4.98 Å². The number of carbonyl (C=O) groups excluding carboxylic acids is 1. The summed E-state index contributed by atoms with van der Waals surface area (Å²) in [5, 5.41) is 5.02. The first kappa shape index (κ1) is 19.2. The van der Waals surface area contributed by atoms with E-state index in [1.54, 1.807) is 28.7 Å². The van der Waals surface area contributed by atoms with Crippen LogP contribution in [0, 0.1) is 0 Å². The van der Waals surface area contributed by atoms with Crippen molar-refractivity contribution in [3.8, 4) is 10.6 Å². The Kier molecular flexibility index (Phi) is 5.21. The molecular formula is C24H21N3OS2. The Morgan fingerprint density at radius 3 is 2.73 bits per heavy atom. The molecule has 0 radical (unpaired) electrons. The predicted molar refractivity (Wildman–Crippen MR) is 127 cm³/mol. The van der Waals surface area contributed by atoms with E-state index in [9.17, 15) is 4.79 Å². The molecule has 1 N–H and O–H groups in total. The van der Waals surface area contributed by atoms with Crippen molar-refractivity contribution >= 4 is 49.9 Å². The van der Waals surface area contributed by atoms with Gasteiger partial charge in [0.25, 0.3) is 0 Å². The molecule has 4 aromatic rings. The van der Waals surface area contributed by atoms with Gasteiger partial charge in [-0.15, -0.1) is 22.7 Å². The van der Waals surface area contributed by atoms with E-state index >= 15 is 0 Å². The Morgan fingerprint density at radius 2 is 1.90 bits per heavy atom. The van der Waals surface area contributed by atoms with Gasteiger partial charge in [-0.3, -0.25) is 4.79 Å². The topological polar surface area (TPSA) is 45.2 Å². The lowest BCUT2D eigenvalue weighted by molar-refractivity contribution is -0.111. The molecule has 6 heteroatoms. The number of carbonyl (C=O) groups is 1. The van der Waals surface area contributed by atoms with Crippen LogP contribution in [0.25, 0.3) is 26.9 Å². The highest BCUT2D eigenvalue weighted by atomic mass is 32.1. The lowest BCUT2D eigenvalue weighted by Crippen LogP contribution is -2.25. The smallest absolute Gasteiger partial charge is 0.249 e. The van der Waals surface area contributed by atoms with Crippen LogP contribution < -0.4 is 5.32 Å². The summed E-state index contributed by atoms with van der Waals surface area (Å²) in [7, 11) is 2.14. The van der Waals surface area contributed by atoms with Gasteiger partial charge in [0.05, 0.1) is 10.2 Å². The highest BCUT2D eigenvalue weighted by molar-refractivity contribution is 7.22. The summed E-state index contributed by atoms with van der Waals surface area (Å²) in [6.45, 7) is 1.93. The average Bonchev–Trinajstić information content (AvgIpc) is 3.33. The molecular weight excluding hydrogens is 410 g/mol. The third-order valence-corrected chi connectivity index (χ3v) is 7.41. The number of para-hydroxylation sites is 1. The zero-order chi connectivity index (χ0) is 20.5. The number of amides is 1. The Balaban J connectivity index is 1.51. The minimum atomic E-state index is -0.117. The number of nitrogens with one attached hydrogen (secondary N) is 1. The number of nitrogens with zero attached hydrogens (tertiary/aromatic N) is 2. The normalized spacial score (nSPS) is 14.3. The van der Waals surface area contributed by atoms with Gasteiger partial charge < -0.3 is 10.2 Å². The molecule has 0 unspecified atom stereocenters. The molecule has 1 aliphatic heterocycles. The van der Waals surface area contributed by atoms with Gasteiger partial charge in [0.15, 0.2) is 0 Å². The maximum absolute atomic E-state index is 12.7. The Bertz CT molecular complexity index is 1210. The van der Waals surface area contributed by atoms with Crippen LogP contribution in [0.1, 0.15) is 16.0 Å². The summed E-state index contributed by atoms with van der Waals surface area (Å²) in [6, 6.07) is 18.1. The van der Waals surface area contributed by atoms with Crippen molar-refractivity contribution in [3.05, 3.63) is 76.7 Å². The molecule has 150 valence electrons. The average molecular weight is 432 g/mol. The fourth-order valence-electron chi connectivity index (χ4n) is 3.71. The minimum Gasteiger partial charge on any atom is -0.313 e. The largest absolute Gasteiger partial charge is 0.313 e. The SMILES string of the molecule is CN1CCc2c(sc(NC(=O)/C=C\c3ccccc3)c2-c2nc3ccccc3s2)C1. The van der Waals surface area contributed by atoms with E-state index in [1.165, 1.54) is 15.1 Å². The van der Waals surface area contributed by atoms with Crippen molar-refractivity contribution in [3.63, 3.8) is 0 Å². The summed E-state index contributed by atoms with van der Waals surface area (Å²) < 4.78 is 1.17. The van der Waals surface area contributed by atoms with Crippen molar-refractivity contribution in [1.82, 2.24) is 9.88 Å². The van der Waals surface area contributed by atoms with Gasteiger partial charge >= 0.3 is 0 Å². The van der Waals surface area contributed by atoms with Gasteiger partial charge in [0, 0.05) is 29.6 Å². The highest BCUT2D eigenvalue weighted by Crippen LogP contribution is 2.45. The first-order chi connectivity index (χ1) is 14.7. The second-order valence-electron chi connectivity index (χ2n) is 7.42. The van der Waals surface area contributed by atoms with Crippen LogP contribution in [-0.4, -0.2) is 29.4 Å². The van der Waals surface area contributed by atoms with E-state index < -0.39 is 0 Å². The van der Waals surface area contributed by atoms with Gasteiger partial charge in [-0.25, -0.2) is 4.98 Å². The Labute approximate surface area is 183 Å². The predicted octanol–water partition coefficient (Wildman–Crippen LogP) is 5.66. The molecule has 0 saturated carbocycles. The van der Waals surface area contributed by atoms with E-state index in [1.807, 2.05) is 54.6 Å². The van der Waals surface area contributed by atoms with Crippen LogP contribution in [0.15, 0.2) is 60.7 Å². The number of fused-ring (bicyclic) bond motifs is 2. The molecule has 0 aliphatic carbocycles. The van der Waals surface area contributed by atoms with E-state index in [2.05, 4.69) is 23.3 Å². The number of hydrogen-bond acceptors (Lipinski definition) is 5. The fraction of sp³-hybridized carbons (Fsp3) is 0.167. The maximum atomic E-state index is 12.7. The molecule has 30 heavy (non-hydrogen) atoms. The molecule has 3 heterocycles. The number of aromatic nitrogens is 1. The second-order valence-corrected chi connectivity index (χ2v) is 9.55. The fourth-order valence-corrected chi connectivity index (χ4v) is 6.16. The van der Waals surface area contributed by atoms with Crippen LogP contribution >= 0.6 is 22.7 Å². The molecule has 0 bridgehead atoms. The maximum Gasteiger partial charge on any atom is 0.249 e. The summed E-state index contributed by atoms with van der Waals surface area (Å²) in [6.07, 6.45) is 4.42. The van der Waals surface area contributed by atoms with Gasteiger partial charge in [-0.2, -0.15) is 0 Å². The molecule has 4 nitrogen and oxygen atoms in total. The third-order valence-electron chi connectivity index (χ3n) is 5.22. The van der Waals surface area contributed by atoms with Gasteiger partial charge in [-0.1, -0.05) is 42.5 Å². The van der Waals surface area contributed by atoms with Crippen molar-refractivity contribution in [1.29, 1.82) is 0 Å². The number of likely N-dealkylation sites (N-methyl/N-ethyl adjacent to an activating group) is 1. The van der Waals surface area contributed by atoms with Crippen LogP contribution in [-0.2, 0) is 17.8 Å². The number of thiazole rings is 1. The minimum absolute atomic E-state index is 0.117. The van der Waals surface area contributed by atoms with Crippen molar-refractivity contribution in [2.24, 2.45) is 0 Å². The van der Waals surface area contributed by atoms with Crippen molar-refractivity contribution in [2.75, 3.05) is 18.9 Å². The molecule has 2 aromatic heterocycles.